The molecule has 1 atom stereocenters. The first-order chi connectivity index (χ1) is 14.7. The number of anilines is 1. The van der Waals surface area contributed by atoms with Gasteiger partial charge in [0.2, 0.25) is 0 Å². The van der Waals surface area contributed by atoms with Gasteiger partial charge in [-0.3, -0.25) is 9.89 Å². The lowest BCUT2D eigenvalue weighted by Gasteiger charge is -2.34. The Morgan fingerprint density at radius 2 is 1.83 bits per heavy atom. The molecule has 2 aromatic rings. The zero-order valence-corrected chi connectivity index (χ0v) is 18.3. The number of benzene rings is 2. The fourth-order valence-corrected chi connectivity index (χ4v) is 3.82. The molecule has 162 valence electrons. The van der Waals surface area contributed by atoms with Crippen molar-refractivity contribution in [3.8, 4) is 11.5 Å². The number of rotatable bonds is 9. The van der Waals surface area contributed by atoms with Crippen LogP contribution in [0.5, 0.6) is 11.5 Å². The predicted molar refractivity (Wildman–Crippen MR) is 122 cm³/mol. The van der Waals surface area contributed by atoms with Crippen LogP contribution in [0.3, 0.4) is 0 Å². The van der Waals surface area contributed by atoms with Gasteiger partial charge in [0.1, 0.15) is 11.5 Å². The first kappa shape index (κ1) is 22.1. The molecule has 6 heteroatoms. The van der Waals surface area contributed by atoms with Crippen LogP contribution in [0.2, 0.25) is 0 Å². The Kier molecular flexibility index (Phi) is 8.11. The lowest BCUT2D eigenvalue weighted by molar-refractivity contribution is 0.0180. The van der Waals surface area contributed by atoms with Crippen molar-refractivity contribution in [1.82, 2.24) is 4.90 Å². The monoisotopic (exact) mass is 411 g/mol. The molecule has 1 saturated heterocycles. The number of morpholine rings is 1. The Labute approximate surface area is 179 Å². The number of phenols is 1. The fraction of sp³-hybridized carbons (Fsp3) is 0.458. The Balaban J connectivity index is 1.75. The number of nitrogens with zero attached hydrogens (tertiary/aromatic N) is 3. The normalized spacial score (nSPS) is 16.0. The van der Waals surface area contributed by atoms with E-state index in [0.29, 0.717) is 6.54 Å². The van der Waals surface area contributed by atoms with Crippen LogP contribution in [0, 0.1) is 0 Å². The maximum Gasteiger partial charge on any atom is 0.126 e. The number of methoxy groups -OCH3 is 1. The Hall–Kier alpha value is -2.57. The number of aromatic hydroxyl groups is 1. The van der Waals surface area contributed by atoms with E-state index in [2.05, 4.69) is 35.8 Å². The summed E-state index contributed by atoms with van der Waals surface area (Å²) in [6.45, 7) is 9.91. The highest BCUT2D eigenvalue weighted by molar-refractivity contribution is 5.84. The van der Waals surface area contributed by atoms with Crippen molar-refractivity contribution in [3.63, 3.8) is 0 Å². The van der Waals surface area contributed by atoms with Crippen molar-refractivity contribution < 1.29 is 14.6 Å². The van der Waals surface area contributed by atoms with Gasteiger partial charge in [-0.05, 0) is 43.7 Å². The molecule has 1 fully saturated rings. The van der Waals surface area contributed by atoms with Gasteiger partial charge < -0.3 is 19.5 Å². The van der Waals surface area contributed by atoms with E-state index >= 15 is 0 Å². The first-order valence-electron chi connectivity index (χ1n) is 10.7. The van der Waals surface area contributed by atoms with Crippen molar-refractivity contribution in [2.45, 2.75) is 19.9 Å². The molecule has 1 aliphatic rings. The van der Waals surface area contributed by atoms with Gasteiger partial charge in [-0.2, -0.15) is 0 Å². The summed E-state index contributed by atoms with van der Waals surface area (Å²) < 4.78 is 10.8. The summed E-state index contributed by atoms with van der Waals surface area (Å²) in [5.74, 6) is 1.11. The van der Waals surface area contributed by atoms with Crippen LogP contribution < -0.4 is 9.64 Å². The van der Waals surface area contributed by atoms with Gasteiger partial charge in [-0.1, -0.05) is 12.1 Å². The summed E-state index contributed by atoms with van der Waals surface area (Å²) in [4.78, 5) is 9.32. The third-order valence-corrected chi connectivity index (χ3v) is 5.64. The van der Waals surface area contributed by atoms with E-state index in [1.807, 2.05) is 30.3 Å². The molecule has 0 radical (unpaired) electrons. The van der Waals surface area contributed by atoms with Gasteiger partial charge in [0.15, 0.2) is 0 Å². The van der Waals surface area contributed by atoms with E-state index in [4.69, 9.17) is 14.5 Å². The van der Waals surface area contributed by atoms with Crippen LogP contribution in [-0.4, -0.2) is 69.3 Å². The molecular weight excluding hydrogens is 378 g/mol. The molecule has 0 aliphatic carbocycles. The summed E-state index contributed by atoms with van der Waals surface area (Å²) in [5.41, 5.74) is 2.97. The van der Waals surface area contributed by atoms with Crippen molar-refractivity contribution in [3.05, 3.63) is 53.6 Å². The van der Waals surface area contributed by atoms with Crippen LogP contribution >= 0.6 is 0 Å². The molecule has 0 bridgehead atoms. The summed E-state index contributed by atoms with van der Waals surface area (Å²) in [7, 11) is 1.68. The van der Waals surface area contributed by atoms with Gasteiger partial charge in [-0.15, -0.1) is 0 Å². The SMILES string of the molecule is CCN(CC)c1ccc(C=NC[C@@H](c2ccc(OC)cc2)N2CCOCC2)c(O)c1. The van der Waals surface area contributed by atoms with E-state index in [-0.39, 0.29) is 11.8 Å². The highest BCUT2D eigenvalue weighted by atomic mass is 16.5. The summed E-state index contributed by atoms with van der Waals surface area (Å²) >= 11 is 0. The molecule has 0 unspecified atom stereocenters. The number of hydrogen-bond acceptors (Lipinski definition) is 6. The number of ether oxygens (including phenoxy) is 2. The molecule has 1 heterocycles. The number of aliphatic imine (C=N–C) groups is 1. The molecule has 6 nitrogen and oxygen atoms in total. The molecule has 1 N–H and O–H groups in total. The molecule has 30 heavy (non-hydrogen) atoms. The number of phenolic OH excluding ortho intramolecular Hbond substituents is 1. The minimum Gasteiger partial charge on any atom is -0.507 e. The minimum atomic E-state index is 0.160. The summed E-state index contributed by atoms with van der Waals surface area (Å²) in [5, 5.41) is 10.5. The highest BCUT2D eigenvalue weighted by Gasteiger charge is 2.22. The highest BCUT2D eigenvalue weighted by Crippen LogP contribution is 2.26. The van der Waals surface area contributed by atoms with Crippen molar-refractivity contribution in [1.29, 1.82) is 0 Å². The van der Waals surface area contributed by atoms with Gasteiger partial charge in [-0.25, -0.2) is 0 Å². The van der Waals surface area contributed by atoms with Crippen molar-refractivity contribution in [2.75, 3.05) is 57.9 Å². The zero-order valence-electron chi connectivity index (χ0n) is 18.3. The third-order valence-electron chi connectivity index (χ3n) is 5.64. The van der Waals surface area contributed by atoms with Gasteiger partial charge in [0.25, 0.3) is 0 Å². The van der Waals surface area contributed by atoms with Crippen LogP contribution in [0.15, 0.2) is 47.5 Å². The molecular formula is C24H33N3O3. The lowest BCUT2D eigenvalue weighted by Crippen LogP contribution is -2.40. The second-order valence-electron chi connectivity index (χ2n) is 7.35. The molecule has 0 spiro atoms. The van der Waals surface area contributed by atoms with Gasteiger partial charge in [0.05, 0.1) is 32.9 Å². The largest absolute Gasteiger partial charge is 0.507 e. The third kappa shape index (κ3) is 5.52. The van der Waals surface area contributed by atoms with E-state index in [0.717, 1.165) is 56.4 Å². The second-order valence-corrected chi connectivity index (χ2v) is 7.35. The molecule has 0 amide bonds. The Morgan fingerprint density at radius 3 is 2.43 bits per heavy atom. The minimum absolute atomic E-state index is 0.160. The zero-order chi connectivity index (χ0) is 21.3. The van der Waals surface area contributed by atoms with E-state index in [1.165, 1.54) is 5.56 Å². The van der Waals surface area contributed by atoms with E-state index in [9.17, 15) is 5.11 Å². The maximum atomic E-state index is 10.5. The quantitative estimate of drug-likeness (QED) is 0.637. The standard InChI is InChI=1S/C24H33N3O3/c1-4-26(5-2)21-9-6-20(24(28)16-21)17-25-18-23(27-12-14-30-15-13-27)19-7-10-22(29-3)11-8-19/h6-11,16-17,23,28H,4-5,12-15,18H2,1-3H3/t23-/m0/s1. The molecule has 1 aliphatic heterocycles. The molecule has 3 rings (SSSR count). The van der Waals surface area contributed by atoms with Crippen LogP contribution in [0.25, 0.3) is 0 Å². The van der Waals surface area contributed by atoms with Crippen molar-refractivity contribution >= 4 is 11.9 Å². The van der Waals surface area contributed by atoms with Gasteiger partial charge in [0, 0.05) is 49.7 Å². The maximum absolute atomic E-state index is 10.5. The Bertz CT molecular complexity index is 813. The Morgan fingerprint density at radius 1 is 1.13 bits per heavy atom. The summed E-state index contributed by atoms with van der Waals surface area (Å²) in [6, 6.07) is 14.1. The average molecular weight is 412 g/mol. The van der Waals surface area contributed by atoms with Crippen LogP contribution in [0.1, 0.15) is 31.0 Å². The van der Waals surface area contributed by atoms with Crippen molar-refractivity contribution in [2.24, 2.45) is 4.99 Å². The average Bonchev–Trinajstić information content (AvgIpc) is 2.79. The molecule has 0 saturated carbocycles. The smallest absolute Gasteiger partial charge is 0.126 e. The topological polar surface area (TPSA) is 57.5 Å². The number of hydrogen-bond donors (Lipinski definition) is 1. The first-order valence-corrected chi connectivity index (χ1v) is 10.7. The van der Waals surface area contributed by atoms with E-state index in [1.54, 1.807) is 13.3 Å². The second kappa shape index (κ2) is 11.0. The van der Waals surface area contributed by atoms with Gasteiger partial charge >= 0.3 is 0 Å². The van der Waals surface area contributed by atoms with Crippen LogP contribution in [0.4, 0.5) is 5.69 Å². The lowest BCUT2D eigenvalue weighted by atomic mass is 10.0. The summed E-state index contributed by atoms with van der Waals surface area (Å²) in [6.07, 6.45) is 1.78. The van der Waals surface area contributed by atoms with E-state index < -0.39 is 0 Å². The molecule has 0 aromatic heterocycles. The predicted octanol–water partition coefficient (Wildman–Crippen LogP) is 3.74. The molecule has 2 aromatic carbocycles. The van der Waals surface area contributed by atoms with Crippen LogP contribution in [-0.2, 0) is 4.74 Å². The fourth-order valence-electron chi connectivity index (χ4n) is 3.82.